The number of hydrogen-bond acceptors (Lipinski definition) is 6. The highest BCUT2D eigenvalue weighted by Crippen LogP contribution is 2.40. The van der Waals surface area contributed by atoms with E-state index < -0.39 is 63.2 Å². The zero-order valence-electron chi connectivity index (χ0n) is 14.5. The third-order valence-electron chi connectivity index (χ3n) is 4.14. The third-order valence-corrected chi connectivity index (χ3v) is 7.78. The molecule has 0 aromatic heterocycles. The molecule has 0 fully saturated rings. The van der Waals surface area contributed by atoms with Crippen LogP contribution in [0.25, 0.3) is 0 Å². The highest BCUT2D eigenvalue weighted by atomic mass is 32.3. The molecule has 166 valence electrons. The summed E-state index contributed by atoms with van der Waals surface area (Å²) in [5.41, 5.74) is -16.1. The van der Waals surface area contributed by atoms with Gasteiger partial charge in [-0.25, -0.2) is 0 Å². The Morgan fingerprint density at radius 2 is 1.00 bits per heavy atom. The van der Waals surface area contributed by atoms with E-state index in [9.17, 15) is 52.8 Å². The number of halogens is 6. The second-order valence-electron chi connectivity index (χ2n) is 6.03. The Labute approximate surface area is 170 Å². The molecule has 7 nitrogen and oxygen atoms in total. The molecule has 0 spiro atoms. The Bertz CT molecular complexity index is 1290. The normalized spacial score (nSPS) is 14.8. The first-order valence-corrected chi connectivity index (χ1v) is 10.7. The molecule has 31 heavy (non-hydrogen) atoms. The van der Waals surface area contributed by atoms with Crippen LogP contribution in [0.5, 0.6) is 0 Å². The number of fused-ring (bicyclic) bond motifs is 2. The lowest BCUT2D eigenvalue weighted by Gasteiger charge is -2.26. The van der Waals surface area contributed by atoms with Crippen molar-refractivity contribution in [2.24, 2.45) is 0 Å². The van der Waals surface area contributed by atoms with Gasteiger partial charge in [0.25, 0.3) is 0 Å². The zero-order valence-corrected chi connectivity index (χ0v) is 16.2. The molecule has 2 aromatic carbocycles. The molecule has 0 atom stereocenters. The molecule has 0 saturated heterocycles. The summed E-state index contributed by atoms with van der Waals surface area (Å²) in [6.07, 6.45) is 0. The highest BCUT2D eigenvalue weighted by Gasteiger charge is 2.61. The second-order valence-corrected chi connectivity index (χ2v) is 9.82. The Balaban J connectivity index is 2.31. The van der Waals surface area contributed by atoms with E-state index in [4.69, 9.17) is 0 Å². The third kappa shape index (κ3) is 3.37. The van der Waals surface area contributed by atoms with E-state index in [1.54, 1.807) is 0 Å². The maximum absolute atomic E-state index is 13.0. The predicted molar refractivity (Wildman–Crippen MR) is 92.2 cm³/mol. The number of carbonyl (C=O) groups excluding carboxylic acids is 2. The molecule has 0 unspecified atom stereocenters. The standard InChI is InChI=1S/C16H7F6NO6S2/c17-15(18,19)30(26,27)23(31(28,29)16(20,21)22)8-5-6-11-12(7-8)14(25)10-4-2-1-3-9(10)13(11)24/h1-7H. The van der Waals surface area contributed by atoms with Crippen molar-refractivity contribution >= 4 is 37.3 Å². The van der Waals surface area contributed by atoms with Gasteiger partial charge in [-0.3, -0.25) is 9.59 Å². The van der Waals surface area contributed by atoms with Crippen LogP contribution < -0.4 is 3.71 Å². The molecule has 0 N–H and O–H groups in total. The lowest BCUT2D eigenvalue weighted by atomic mass is 9.84. The van der Waals surface area contributed by atoms with Crippen LogP contribution in [0.4, 0.5) is 32.0 Å². The van der Waals surface area contributed by atoms with Crippen molar-refractivity contribution in [1.29, 1.82) is 0 Å². The molecule has 0 heterocycles. The molecule has 3 rings (SSSR count). The average Bonchev–Trinajstić information content (AvgIpc) is 2.64. The average molecular weight is 487 g/mol. The van der Waals surface area contributed by atoms with Crippen LogP contribution in [0.15, 0.2) is 42.5 Å². The molecule has 0 bridgehead atoms. The monoisotopic (exact) mass is 487 g/mol. The van der Waals surface area contributed by atoms with E-state index in [1.807, 2.05) is 0 Å². The van der Waals surface area contributed by atoms with E-state index in [0.29, 0.717) is 6.07 Å². The maximum Gasteiger partial charge on any atom is 0.517 e. The van der Waals surface area contributed by atoms with Crippen LogP contribution in [0.2, 0.25) is 0 Å². The van der Waals surface area contributed by atoms with Gasteiger partial charge < -0.3 is 0 Å². The summed E-state index contributed by atoms with van der Waals surface area (Å²) in [4.78, 5) is 25.1. The summed E-state index contributed by atoms with van der Waals surface area (Å²) in [5, 5.41) is 0. The molecule has 0 radical (unpaired) electrons. The van der Waals surface area contributed by atoms with E-state index in [0.717, 1.165) is 6.07 Å². The molecule has 1 aliphatic rings. The number of anilines is 1. The van der Waals surface area contributed by atoms with Crippen molar-refractivity contribution in [3.8, 4) is 0 Å². The summed E-state index contributed by atoms with van der Waals surface area (Å²) in [7, 11) is -14.2. The first kappa shape index (κ1) is 22.7. The van der Waals surface area contributed by atoms with Gasteiger partial charge in [-0.2, -0.15) is 43.2 Å². The van der Waals surface area contributed by atoms with Gasteiger partial charge in [-0.1, -0.05) is 24.3 Å². The number of alkyl halides is 6. The lowest BCUT2D eigenvalue weighted by molar-refractivity contribution is -0.0462. The summed E-state index contributed by atoms with van der Waals surface area (Å²) in [5.74, 6) is -1.85. The fourth-order valence-corrected chi connectivity index (χ4v) is 5.49. The van der Waals surface area contributed by atoms with Crippen LogP contribution in [0.3, 0.4) is 0 Å². The van der Waals surface area contributed by atoms with Crippen molar-refractivity contribution in [1.82, 2.24) is 0 Å². The number of carbonyl (C=O) groups is 2. The topological polar surface area (TPSA) is 106 Å². The van der Waals surface area contributed by atoms with Crippen molar-refractivity contribution in [3.63, 3.8) is 0 Å². The molecule has 1 aliphatic carbocycles. The fraction of sp³-hybridized carbons (Fsp3) is 0.125. The Morgan fingerprint density at radius 3 is 1.42 bits per heavy atom. The summed E-state index contributed by atoms with van der Waals surface area (Å²) < 4.78 is 123. The van der Waals surface area contributed by atoms with Crippen molar-refractivity contribution in [3.05, 3.63) is 64.7 Å². The minimum atomic E-state index is -7.12. The van der Waals surface area contributed by atoms with Crippen LogP contribution in [-0.4, -0.2) is 39.4 Å². The largest absolute Gasteiger partial charge is 0.517 e. The van der Waals surface area contributed by atoms with Crippen molar-refractivity contribution < 1.29 is 52.8 Å². The highest BCUT2D eigenvalue weighted by molar-refractivity contribution is 8.11. The lowest BCUT2D eigenvalue weighted by Crippen LogP contribution is -2.49. The van der Waals surface area contributed by atoms with Crippen LogP contribution in [-0.2, 0) is 20.0 Å². The molecular formula is C16H7F6NO6S2. The summed E-state index contributed by atoms with van der Waals surface area (Å²) in [6, 6.07) is 6.14. The number of hydrogen-bond donors (Lipinski definition) is 0. The molecular weight excluding hydrogens is 480 g/mol. The number of rotatable bonds is 3. The minimum absolute atomic E-state index is 0.101. The molecule has 0 saturated carbocycles. The molecule has 2 aromatic rings. The van der Waals surface area contributed by atoms with Gasteiger partial charge in [0, 0.05) is 22.3 Å². The van der Waals surface area contributed by atoms with E-state index in [1.165, 1.54) is 18.2 Å². The number of sulfonamides is 2. The Morgan fingerprint density at radius 1 is 0.613 bits per heavy atom. The smallest absolute Gasteiger partial charge is 0.289 e. The molecule has 0 amide bonds. The first-order valence-electron chi connectivity index (χ1n) is 7.77. The minimum Gasteiger partial charge on any atom is -0.289 e. The maximum atomic E-state index is 13.0. The number of nitrogens with zero attached hydrogens (tertiary/aromatic N) is 1. The van der Waals surface area contributed by atoms with Gasteiger partial charge in [0.05, 0.1) is 5.69 Å². The quantitative estimate of drug-likeness (QED) is 0.526. The van der Waals surface area contributed by atoms with Gasteiger partial charge in [-0.05, 0) is 18.2 Å². The van der Waals surface area contributed by atoms with Crippen LogP contribution >= 0.6 is 0 Å². The van der Waals surface area contributed by atoms with E-state index >= 15 is 0 Å². The SMILES string of the molecule is O=C1c2ccccc2C(=O)c2cc(N(S(=O)(=O)C(F)(F)F)S(=O)(=O)C(F)(F)F)ccc21. The zero-order chi connectivity index (χ0) is 23.6. The van der Waals surface area contributed by atoms with Gasteiger partial charge in [0.2, 0.25) is 0 Å². The Hall–Kier alpha value is -2.94. The van der Waals surface area contributed by atoms with Crippen LogP contribution in [0, 0.1) is 0 Å². The van der Waals surface area contributed by atoms with Crippen molar-refractivity contribution in [2.75, 3.05) is 3.71 Å². The second kappa shape index (κ2) is 6.78. The number of ketones is 2. The van der Waals surface area contributed by atoms with E-state index in [-0.39, 0.29) is 23.3 Å². The predicted octanol–water partition coefficient (Wildman–Crippen LogP) is 2.97. The van der Waals surface area contributed by atoms with E-state index in [2.05, 4.69) is 0 Å². The fourth-order valence-electron chi connectivity index (χ4n) is 2.80. The Kier molecular flexibility index (Phi) is 4.97. The van der Waals surface area contributed by atoms with Gasteiger partial charge >= 0.3 is 31.1 Å². The van der Waals surface area contributed by atoms with Crippen LogP contribution in [0.1, 0.15) is 31.8 Å². The molecule has 15 heteroatoms. The van der Waals surface area contributed by atoms with Gasteiger partial charge in [0.15, 0.2) is 11.6 Å². The van der Waals surface area contributed by atoms with Crippen molar-refractivity contribution in [2.45, 2.75) is 11.0 Å². The summed E-state index contributed by atoms with van der Waals surface area (Å²) in [6.45, 7) is 0. The summed E-state index contributed by atoms with van der Waals surface area (Å²) >= 11 is 0. The first-order chi connectivity index (χ1) is 14.0. The van der Waals surface area contributed by atoms with Gasteiger partial charge in [-0.15, -0.1) is 3.71 Å². The number of benzene rings is 2. The molecule has 0 aliphatic heterocycles. The van der Waals surface area contributed by atoms with Gasteiger partial charge in [0.1, 0.15) is 0 Å².